The first-order valence-corrected chi connectivity index (χ1v) is 6.88. The van der Waals surface area contributed by atoms with Crippen molar-refractivity contribution in [2.24, 2.45) is 0 Å². The van der Waals surface area contributed by atoms with Gasteiger partial charge in [-0.2, -0.15) is 0 Å². The van der Waals surface area contributed by atoms with E-state index in [1.807, 2.05) is 0 Å². The van der Waals surface area contributed by atoms with Crippen LogP contribution in [0.5, 0.6) is 0 Å². The third kappa shape index (κ3) is 6.12. The Labute approximate surface area is 102 Å². The molecule has 0 aromatic heterocycles. The minimum atomic E-state index is 0.932. The molecule has 1 atom stereocenters. The van der Waals surface area contributed by atoms with E-state index in [1.165, 1.54) is 64.5 Å². The monoisotopic (exact) mass is 224 g/mol. The van der Waals surface area contributed by atoms with E-state index in [0.717, 1.165) is 6.04 Å². The fourth-order valence-corrected chi connectivity index (χ4v) is 2.59. The van der Waals surface area contributed by atoms with Crippen LogP contribution >= 0.6 is 0 Å². The van der Waals surface area contributed by atoms with Crippen molar-refractivity contribution in [2.75, 3.05) is 13.1 Å². The van der Waals surface area contributed by atoms with Gasteiger partial charge in [0, 0.05) is 12.6 Å². The molecule has 2 nitrogen and oxygen atoms in total. The van der Waals surface area contributed by atoms with E-state index in [4.69, 9.17) is 5.26 Å². The van der Waals surface area contributed by atoms with Crippen LogP contribution in [0.2, 0.25) is 0 Å². The van der Waals surface area contributed by atoms with E-state index in [2.05, 4.69) is 25.3 Å². The number of rotatable bonds is 7. The predicted molar refractivity (Wildman–Crippen MR) is 70.3 cm³/mol. The lowest BCUT2D eigenvalue weighted by Gasteiger charge is -2.23. The molecule has 1 aliphatic rings. The topological polar surface area (TPSA) is 27.0 Å². The van der Waals surface area contributed by atoms with Gasteiger partial charge in [-0.1, -0.05) is 39.5 Å². The molecule has 1 fully saturated rings. The first kappa shape index (κ1) is 15.4. The Bertz CT molecular complexity index is 165. The van der Waals surface area contributed by atoms with Gasteiger partial charge in [0.05, 0.1) is 0 Å². The molecule has 0 aliphatic carbocycles. The second-order valence-corrected chi connectivity index (χ2v) is 4.68. The summed E-state index contributed by atoms with van der Waals surface area (Å²) in [6, 6.07) is 0.932. The smallest absolute Gasteiger partial charge is 0.0462 e. The van der Waals surface area contributed by atoms with Gasteiger partial charge >= 0.3 is 0 Å². The van der Waals surface area contributed by atoms with Gasteiger partial charge in [-0.3, -0.25) is 0 Å². The quantitative estimate of drug-likeness (QED) is 0.612. The number of nitriles is 1. The van der Waals surface area contributed by atoms with Crippen molar-refractivity contribution in [3.05, 3.63) is 0 Å². The molecule has 1 aliphatic heterocycles. The molecule has 0 saturated carbocycles. The van der Waals surface area contributed by atoms with E-state index in [9.17, 15) is 0 Å². The standard InChI is InChI=1S/C13H27N.CHN/c1-3-5-6-7-11-14-12-8-10-13(14)9-4-2;1-2/h13H,3-12H2,1-2H3;1H. The molecular weight excluding hydrogens is 196 g/mol. The third-order valence-electron chi connectivity index (χ3n) is 3.42. The number of nitrogens with zero attached hydrogens (tertiary/aromatic N) is 2. The highest BCUT2D eigenvalue weighted by atomic mass is 15.2. The SMILES string of the molecule is C#N.CCCCCCN1CCCC1CCC. The predicted octanol–water partition coefficient (Wildman–Crippen LogP) is 3.97. The lowest BCUT2D eigenvalue weighted by molar-refractivity contribution is 0.236. The summed E-state index contributed by atoms with van der Waals surface area (Å²) in [5.74, 6) is 0. The first-order valence-electron chi connectivity index (χ1n) is 6.88. The molecule has 1 unspecified atom stereocenters. The van der Waals surface area contributed by atoms with Crippen LogP contribution < -0.4 is 0 Å². The zero-order valence-corrected chi connectivity index (χ0v) is 11.1. The number of unbranched alkanes of at least 4 members (excludes halogenated alkanes) is 3. The summed E-state index contributed by atoms with van der Waals surface area (Å²) in [5.41, 5.74) is 0. The van der Waals surface area contributed by atoms with E-state index in [1.54, 1.807) is 0 Å². The fraction of sp³-hybridized carbons (Fsp3) is 0.929. The first-order chi connectivity index (χ1) is 7.88. The van der Waals surface area contributed by atoms with E-state index in [-0.39, 0.29) is 0 Å². The normalized spacial score (nSPS) is 20.4. The minimum Gasteiger partial charge on any atom is -0.300 e. The van der Waals surface area contributed by atoms with Crippen molar-refractivity contribution in [1.82, 2.24) is 4.90 Å². The molecule has 94 valence electrons. The zero-order chi connectivity index (χ0) is 12.2. The molecular formula is C14H28N2. The van der Waals surface area contributed by atoms with Crippen LogP contribution in [0.1, 0.15) is 65.2 Å². The van der Waals surface area contributed by atoms with Crippen LogP contribution in [0.25, 0.3) is 0 Å². The van der Waals surface area contributed by atoms with Crippen molar-refractivity contribution >= 4 is 0 Å². The molecule has 1 saturated heterocycles. The summed E-state index contributed by atoms with van der Waals surface area (Å²) in [6.45, 7) is 10.8. The van der Waals surface area contributed by atoms with Gasteiger partial charge in [-0.05, 0) is 38.8 Å². The summed E-state index contributed by atoms with van der Waals surface area (Å²) < 4.78 is 0. The van der Waals surface area contributed by atoms with Crippen LogP contribution in [0.15, 0.2) is 0 Å². The Balaban J connectivity index is 0.00000106. The Morgan fingerprint density at radius 2 is 1.88 bits per heavy atom. The van der Waals surface area contributed by atoms with Gasteiger partial charge in [-0.25, -0.2) is 5.26 Å². The fourth-order valence-electron chi connectivity index (χ4n) is 2.59. The summed E-state index contributed by atoms with van der Waals surface area (Å²) in [7, 11) is 0. The largest absolute Gasteiger partial charge is 0.300 e. The number of likely N-dealkylation sites (tertiary alicyclic amines) is 1. The molecule has 0 spiro atoms. The summed E-state index contributed by atoms with van der Waals surface area (Å²) in [4.78, 5) is 2.74. The van der Waals surface area contributed by atoms with Crippen LogP contribution in [0.4, 0.5) is 0 Å². The van der Waals surface area contributed by atoms with Gasteiger partial charge in [0.15, 0.2) is 0 Å². The van der Waals surface area contributed by atoms with Crippen molar-refractivity contribution in [1.29, 1.82) is 5.26 Å². The Kier molecular flexibility index (Phi) is 10.6. The molecule has 1 heterocycles. The van der Waals surface area contributed by atoms with Gasteiger partial charge in [0.25, 0.3) is 0 Å². The molecule has 0 bridgehead atoms. The maximum Gasteiger partial charge on any atom is 0.0462 e. The van der Waals surface area contributed by atoms with Crippen LogP contribution in [-0.4, -0.2) is 24.0 Å². The van der Waals surface area contributed by atoms with Crippen molar-refractivity contribution in [2.45, 2.75) is 71.3 Å². The van der Waals surface area contributed by atoms with Gasteiger partial charge < -0.3 is 4.90 Å². The summed E-state index contributed by atoms with van der Waals surface area (Å²) in [6.07, 6.45) is 11.3. The third-order valence-corrected chi connectivity index (χ3v) is 3.42. The maximum absolute atomic E-state index is 6.50. The van der Waals surface area contributed by atoms with Gasteiger partial charge in [-0.15, -0.1) is 0 Å². The molecule has 0 amide bonds. The Morgan fingerprint density at radius 1 is 1.12 bits per heavy atom. The average Bonchev–Trinajstić information content (AvgIpc) is 2.76. The molecule has 16 heavy (non-hydrogen) atoms. The highest BCUT2D eigenvalue weighted by molar-refractivity contribution is 4.78. The molecule has 0 aromatic rings. The summed E-state index contributed by atoms with van der Waals surface area (Å²) in [5, 5.41) is 6.50. The highest BCUT2D eigenvalue weighted by Crippen LogP contribution is 2.21. The number of hydrogen-bond acceptors (Lipinski definition) is 2. The highest BCUT2D eigenvalue weighted by Gasteiger charge is 2.22. The van der Waals surface area contributed by atoms with Crippen molar-refractivity contribution in [3.8, 4) is 6.57 Å². The summed E-state index contributed by atoms with van der Waals surface area (Å²) >= 11 is 0. The van der Waals surface area contributed by atoms with E-state index < -0.39 is 0 Å². The van der Waals surface area contributed by atoms with Crippen molar-refractivity contribution < 1.29 is 0 Å². The molecule has 2 heteroatoms. The molecule has 1 rings (SSSR count). The zero-order valence-electron chi connectivity index (χ0n) is 11.1. The van der Waals surface area contributed by atoms with Gasteiger partial charge in [0.2, 0.25) is 0 Å². The number of hydrogen-bond donors (Lipinski definition) is 0. The van der Waals surface area contributed by atoms with Crippen LogP contribution in [0.3, 0.4) is 0 Å². The second kappa shape index (κ2) is 11.0. The molecule has 0 N–H and O–H groups in total. The molecule has 0 radical (unpaired) electrons. The molecule has 0 aromatic carbocycles. The Hall–Kier alpha value is -0.550. The van der Waals surface area contributed by atoms with Crippen LogP contribution in [0, 0.1) is 11.8 Å². The van der Waals surface area contributed by atoms with E-state index >= 15 is 0 Å². The lowest BCUT2D eigenvalue weighted by Crippen LogP contribution is -2.30. The Morgan fingerprint density at radius 3 is 2.50 bits per heavy atom. The second-order valence-electron chi connectivity index (χ2n) is 4.68. The van der Waals surface area contributed by atoms with E-state index in [0.29, 0.717) is 0 Å². The average molecular weight is 224 g/mol. The van der Waals surface area contributed by atoms with Gasteiger partial charge in [0.1, 0.15) is 0 Å². The minimum absolute atomic E-state index is 0.932. The lowest BCUT2D eigenvalue weighted by atomic mass is 10.1. The van der Waals surface area contributed by atoms with Crippen LogP contribution in [-0.2, 0) is 0 Å². The maximum atomic E-state index is 6.50. The van der Waals surface area contributed by atoms with Crippen molar-refractivity contribution in [3.63, 3.8) is 0 Å².